The van der Waals surface area contributed by atoms with Crippen LogP contribution in [-0.2, 0) is 25.5 Å². The van der Waals surface area contributed by atoms with E-state index in [4.69, 9.17) is 19.0 Å². The predicted molar refractivity (Wildman–Crippen MR) is 126 cm³/mol. The summed E-state index contributed by atoms with van der Waals surface area (Å²) in [5, 5.41) is 14.4. The van der Waals surface area contributed by atoms with Crippen LogP contribution in [0.3, 0.4) is 0 Å². The lowest BCUT2D eigenvalue weighted by atomic mass is 10.0. The van der Waals surface area contributed by atoms with Crippen molar-refractivity contribution in [3.63, 3.8) is 0 Å². The van der Waals surface area contributed by atoms with Gasteiger partial charge < -0.3 is 19.0 Å². The molecule has 1 saturated heterocycles. The number of nitrogens with one attached hydrogen (secondary N) is 1. The van der Waals surface area contributed by atoms with Crippen LogP contribution in [0.15, 0.2) is 47.9 Å². The van der Waals surface area contributed by atoms with Gasteiger partial charge >= 0.3 is 6.09 Å². The Morgan fingerprint density at radius 2 is 2.11 bits per heavy atom. The number of aromatic nitrogens is 4. The summed E-state index contributed by atoms with van der Waals surface area (Å²) < 4.78 is 30.9. The number of hydrogen-bond acceptors (Lipinski definition) is 9. The largest absolute Gasteiger partial charge is 0.444 e. The zero-order chi connectivity index (χ0) is 24.9. The average Bonchev–Trinajstić information content (AvgIpc) is 3.64. The summed E-state index contributed by atoms with van der Waals surface area (Å²) in [7, 11) is 1.62. The highest BCUT2D eigenvalue weighted by Crippen LogP contribution is 2.29. The van der Waals surface area contributed by atoms with Gasteiger partial charge in [0.05, 0.1) is 49.6 Å². The first-order valence-corrected chi connectivity index (χ1v) is 11.5. The van der Waals surface area contributed by atoms with Crippen molar-refractivity contribution < 1.29 is 28.2 Å². The van der Waals surface area contributed by atoms with Crippen LogP contribution in [-0.4, -0.2) is 77.9 Å². The number of aromatic amines is 1. The number of H-pyrrole nitrogens is 1. The molecule has 1 N–H and O–H groups in total. The zero-order valence-electron chi connectivity index (χ0n) is 19.6. The summed E-state index contributed by atoms with van der Waals surface area (Å²) in [6.07, 6.45) is 3.09. The molecule has 2 aliphatic rings. The molecule has 2 atom stereocenters. The quantitative estimate of drug-likeness (QED) is 0.425. The molecule has 0 aliphatic carbocycles. The molecule has 3 aromatic rings. The van der Waals surface area contributed by atoms with Crippen molar-refractivity contribution in [1.29, 1.82) is 0 Å². The number of carbonyl (C=O) groups is 1. The number of hydrogen-bond donors (Lipinski definition) is 1. The molecule has 36 heavy (non-hydrogen) atoms. The van der Waals surface area contributed by atoms with Gasteiger partial charge in [0.25, 0.3) is 0 Å². The molecule has 188 valence electrons. The normalized spacial score (nSPS) is 19.3. The van der Waals surface area contributed by atoms with Gasteiger partial charge in [-0.05, 0) is 24.3 Å². The van der Waals surface area contributed by atoms with Gasteiger partial charge in [0.1, 0.15) is 17.6 Å². The predicted octanol–water partition coefficient (Wildman–Crippen LogP) is 2.73. The topological polar surface area (TPSA) is 124 Å². The molecule has 2 aromatic heterocycles. The third-order valence-electron chi connectivity index (χ3n) is 5.88. The van der Waals surface area contributed by atoms with E-state index in [2.05, 4.69) is 25.6 Å². The highest BCUT2D eigenvalue weighted by atomic mass is 19.1. The Morgan fingerprint density at radius 1 is 1.19 bits per heavy atom. The number of halogens is 1. The Labute approximate surface area is 206 Å². The van der Waals surface area contributed by atoms with E-state index in [0.717, 1.165) is 0 Å². The second-order valence-corrected chi connectivity index (χ2v) is 8.42. The monoisotopic (exact) mass is 496 g/mol. The molecule has 12 heteroatoms. The van der Waals surface area contributed by atoms with Gasteiger partial charge in [-0.1, -0.05) is 11.2 Å². The summed E-state index contributed by atoms with van der Waals surface area (Å²) in [6.45, 7) is 1.72. The number of nitrogens with zero attached hydrogens (tertiary/aromatic N) is 5. The molecule has 1 amide bonds. The fourth-order valence-electron chi connectivity index (χ4n) is 4.05. The van der Waals surface area contributed by atoms with E-state index in [9.17, 15) is 4.79 Å². The summed E-state index contributed by atoms with van der Waals surface area (Å²) in [6, 6.07) is 8.21. The van der Waals surface area contributed by atoms with Crippen LogP contribution in [0, 0.1) is 5.82 Å². The van der Waals surface area contributed by atoms with Crippen LogP contribution in [0.4, 0.5) is 14.9 Å². The van der Waals surface area contributed by atoms with Crippen LogP contribution in [0.5, 0.6) is 0 Å². The summed E-state index contributed by atoms with van der Waals surface area (Å²) in [5.74, 6) is -0.468. The van der Waals surface area contributed by atoms with E-state index in [1.165, 1.54) is 11.0 Å². The summed E-state index contributed by atoms with van der Waals surface area (Å²) in [4.78, 5) is 23.6. The maximum Gasteiger partial charge on any atom is 0.414 e. The Hall–Kier alpha value is -3.90. The van der Waals surface area contributed by atoms with Gasteiger partial charge in [0.15, 0.2) is 6.10 Å². The third kappa shape index (κ3) is 5.34. The first-order valence-electron chi connectivity index (χ1n) is 11.5. The molecule has 5 rings (SSSR count). The van der Waals surface area contributed by atoms with Crippen molar-refractivity contribution in [2.75, 3.05) is 38.4 Å². The lowest BCUT2D eigenvalue weighted by molar-refractivity contribution is -0.0110. The molecule has 1 fully saturated rings. The standard InChI is InChI=1S/C24H25FN6O5/c1-33-6-7-34-14-19-10-23(29-36-19)22-5-2-15(11-26-22)20-4-3-17(9-21(20)25)31-13-18(35-24(31)32)8-16-12-27-30-28-16/h2-5,9,11-12,18-19H,6-8,10,13-14H2,1H3,(H,27,28,30)/t18?,19-/m0/s1. The Bertz CT molecular complexity index is 1220. The fraction of sp³-hybridized carbons (Fsp3) is 0.375. The molecular weight excluding hydrogens is 471 g/mol. The second-order valence-electron chi connectivity index (χ2n) is 8.42. The molecule has 0 radical (unpaired) electrons. The molecule has 11 nitrogen and oxygen atoms in total. The van der Waals surface area contributed by atoms with Crippen molar-refractivity contribution in [3.05, 3.63) is 59.9 Å². The SMILES string of the molecule is COCCOC[C@@H]1CC(c2ccc(-c3ccc(N4CC(Cc5cn[nH]n5)OC4=O)cc3F)cn2)=NO1. The first kappa shape index (κ1) is 23.8. The van der Waals surface area contributed by atoms with Gasteiger partial charge in [0.2, 0.25) is 0 Å². The van der Waals surface area contributed by atoms with Crippen LogP contribution in [0.1, 0.15) is 17.8 Å². The van der Waals surface area contributed by atoms with Gasteiger partial charge in [0, 0.05) is 37.3 Å². The number of benzene rings is 1. The first-order chi connectivity index (χ1) is 17.6. The molecule has 1 unspecified atom stereocenters. The molecule has 0 bridgehead atoms. The van der Waals surface area contributed by atoms with E-state index in [1.807, 2.05) is 0 Å². The van der Waals surface area contributed by atoms with Crippen LogP contribution in [0.25, 0.3) is 11.1 Å². The number of amides is 1. The number of pyridine rings is 1. The van der Waals surface area contributed by atoms with Crippen molar-refractivity contribution in [2.45, 2.75) is 25.0 Å². The highest BCUT2D eigenvalue weighted by molar-refractivity contribution is 5.99. The summed E-state index contributed by atoms with van der Waals surface area (Å²) >= 11 is 0. The van der Waals surface area contributed by atoms with Gasteiger partial charge in [-0.2, -0.15) is 15.4 Å². The van der Waals surface area contributed by atoms with Gasteiger partial charge in [-0.15, -0.1) is 0 Å². The minimum Gasteiger partial charge on any atom is -0.444 e. The van der Waals surface area contributed by atoms with E-state index >= 15 is 4.39 Å². The van der Waals surface area contributed by atoms with Crippen molar-refractivity contribution in [2.24, 2.45) is 5.16 Å². The molecule has 2 aliphatic heterocycles. The van der Waals surface area contributed by atoms with Crippen molar-refractivity contribution in [3.8, 4) is 11.1 Å². The van der Waals surface area contributed by atoms with E-state index < -0.39 is 11.9 Å². The zero-order valence-corrected chi connectivity index (χ0v) is 19.6. The van der Waals surface area contributed by atoms with Crippen molar-refractivity contribution in [1.82, 2.24) is 20.4 Å². The van der Waals surface area contributed by atoms with Gasteiger partial charge in [-0.25, -0.2) is 9.18 Å². The molecule has 0 saturated carbocycles. The Balaban J connectivity index is 1.21. The number of rotatable bonds is 10. The lowest BCUT2D eigenvalue weighted by Crippen LogP contribution is -2.25. The number of anilines is 1. The van der Waals surface area contributed by atoms with E-state index in [1.54, 1.807) is 43.8 Å². The average molecular weight is 496 g/mol. The van der Waals surface area contributed by atoms with Crippen molar-refractivity contribution >= 4 is 17.5 Å². The minimum atomic E-state index is -0.524. The van der Waals surface area contributed by atoms with E-state index in [-0.39, 0.29) is 12.2 Å². The maximum atomic E-state index is 15.0. The van der Waals surface area contributed by atoms with Crippen LogP contribution >= 0.6 is 0 Å². The number of ether oxygens (including phenoxy) is 3. The number of carbonyl (C=O) groups excluding carboxylic acids is 1. The van der Waals surface area contributed by atoms with E-state index in [0.29, 0.717) is 73.1 Å². The Kier molecular flexibility index (Phi) is 7.14. The van der Waals surface area contributed by atoms with Gasteiger partial charge in [-0.3, -0.25) is 9.88 Å². The number of methoxy groups -OCH3 is 1. The number of oxime groups is 1. The molecule has 1 aromatic carbocycles. The Morgan fingerprint density at radius 3 is 2.86 bits per heavy atom. The lowest BCUT2D eigenvalue weighted by Gasteiger charge is -2.14. The van der Waals surface area contributed by atoms with Crippen LogP contribution in [0.2, 0.25) is 0 Å². The minimum absolute atomic E-state index is 0.170. The molecule has 4 heterocycles. The number of cyclic esters (lactones) is 1. The highest BCUT2D eigenvalue weighted by Gasteiger charge is 2.33. The third-order valence-corrected chi connectivity index (χ3v) is 5.88. The fourth-order valence-corrected chi connectivity index (χ4v) is 4.05. The second kappa shape index (κ2) is 10.8. The molecular formula is C24H25FN6O5. The maximum absolute atomic E-state index is 15.0. The smallest absolute Gasteiger partial charge is 0.414 e. The van der Waals surface area contributed by atoms with Crippen LogP contribution < -0.4 is 4.90 Å². The summed E-state index contributed by atoms with van der Waals surface area (Å²) in [5.41, 5.74) is 3.46. The molecule has 0 spiro atoms.